The molecule has 122 valence electrons. The summed E-state index contributed by atoms with van der Waals surface area (Å²) in [6.07, 6.45) is -0.554. The van der Waals surface area contributed by atoms with Gasteiger partial charge in [-0.2, -0.15) is 0 Å². The van der Waals surface area contributed by atoms with Gasteiger partial charge in [0.2, 0.25) is 0 Å². The molecule has 1 rings (SSSR count). The highest BCUT2D eigenvalue weighted by molar-refractivity contribution is 5.96. The van der Waals surface area contributed by atoms with Gasteiger partial charge in [0.05, 0.1) is 18.4 Å². The van der Waals surface area contributed by atoms with Crippen molar-refractivity contribution in [2.75, 3.05) is 0 Å². The molecule has 0 aliphatic heterocycles. The number of carbonyl (C=O) groups excluding carboxylic acids is 5. The number of carbonyl (C=O) groups is 5. The third kappa shape index (κ3) is 6.98. The lowest BCUT2D eigenvalue weighted by atomic mass is 10.2. The predicted molar refractivity (Wildman–Crippen MR) is 74.2 cm³/mol. The molecule has 0 unspecified atom stereocenters. The summed E-state index contributed by atoms with van der Waals surface area (Å²) in [6.45, 7) is 2.18. The fourth-order valence-electron chi connectivity index (χ4n) is 1.45. The van der Waals surface area contributed by atoms with Gasteiger partial charge in [0, 0.05) is 13.8 Å². The van der Waals surface area contributed by atoms with E-state index in [1.807, 2.05) is 0 Å². The lowest BCUT2D eigenvalue weighted by molar-refractivity contribution is -0.159. The summed E-state index contributed by atoms with van der Waals surface area (Å²) in [4.78, 5) is 55.2. The molecule has 1 aromatic carbocycles. The Morgan fingerprint density at radius 3 is 1.83 bits per heavy atom. The molecule has 0 aliphatic rings. The van der Waals surface area contributed by atoms with E-state index in [4.69, 9.17) is 4.74 Å². The van der Waals surface area contributed by atoms with Gasteiger partial charge in [-0.3, -0.25) is 19.2 Å². The predicted octanol–water partition coefficient (Wildman–Crippen LogP) is 1.17. The van der Waals surface area contributed by atoms with Crippen LogP contribution >= 0.6 is 0 Å². The number of benzene rings is 1. The summed E-state index contributed by atoms with van der Waals surface area (Å²) in [5, 5.41) is 0. The van der Waals surface area contributed by atoms with Crippen LogP contribution in [-0.4, -0.2) is 29.8 Å². The Morgan fingerprint density at radius 2 is 1.30 bits per heavy atom. The Labute approximate surface area is 131 Å². The summed E-state index contributed by atoms with van der Waals surface area (Å²) >= 11 is 0. The molecule has 8 nitrogen and oxygen atoms in total. The van der Waals surface area contributed by atoms with Gasteiger partial charge in [-0.1, -0.05) is 0 Å². The van der Waals surface area contributed by atoms with E-state index in [1.54, 1.807) is 0 Å². The zero-order valence-corrected chi connectivity index (χ0v) is 12.5. The highest BCUT2D eigenvalue weighted by Gasteiger charge is 2.13. The maximum atomic E-state index is 11.5. The van der Waals surface area contributed by atoms with E-state index >= 15 is 0 Å². The van der Waals surface area contributed by atoms with Crippen molar-refractivity contribution < 1.29 is 38.2 Å². The molecule has 0 fully saturated rings. The largest absolute Gasteiger partial charge is 0.427 e. The minimum Gasteiger partial charge on any atom is -0.427 e. The Kier molecular flexibility index (Phi) is 6.60. The van der Waals surface area contributed by atoms with Crippen molar-refractivity contribution in [2.24, 2.45) is 0 Å². The lowest BCUT2D eigenvalue weighted by Crippen LogP contribution is -2.14. The van der Waals surface area contributed by atoms with E-state index in [2.05, 4.69) is 9.47 Å². The summed E-state index contributed by atoms with van der Waals surface area (Å²) in [6, 6.07) is 5.31. The fraction of sp³-hybridized carbons (Fsp3) is 0.267. The van der Waals surface area contributed by atoms with E-state index < -0.39 is 29.8 Å². The van der Waals surface area contributed by atoms with Crippen molar-refractivity contribution in [3.8, 4) is 5.75 Å². The number of esters is 5. The van der Waals surface area contributed by atoms with Crippen LogP contribution in [0.1, 0.15) is 37.0 Å². The lowest BCUT2D eigenvalue weighted by Gasteiger charge is -2.05. The topological polar surface area (TPSA) is 113 Å². The van der Waals surface area contributed by atoms with Crippen molar-refractivity contribution in [2.45, 2.75) is 26.7 Å². The van der Waals surface area contributed by atoms with E-state index in [1.165, 1.54) is 24.3 Å². The van der Waals surface area contributed by atoms with E-state index in [-0.39, 0.29) is 24.2 Å². The average molecular weight is 322 g/mol. The van der Waals surface area contributed by atoms with Gasteiger partial charge in [0.25, 0.3) is 0 Å². The first-order valence-electron chi connectivity index (χ1n) is 6.52. The van der Waals surface area contributed by atoms with Crippen molar-refractivity contribution in [1.29, 1.82) is 0 Å². The Balaban J connectivity index is 2.50. The molecule has 0 saturated heterocycles. The monoisotopic (exact) mass is 322 g/mol. The van der Waals surface area contributed by atoms with Crippen LogP contribution in [0.25, 0.3) is 0 Å². The van der Waals surface area contributed by atoms with Gasteiger partial charge in [-0.15, -0.1) is 0 Å². The molecule has 23 heavy (non-hydrogen) atoms. The summed E-state index contributed by atoms with van der Waals surface area (Å²) in [7, 11) is 0. The number of ether oxygens (including phenoxy) is 3. The van der Waals surface area contributed by atoms with Crippen LogP contribution in [0.4, 0.5) is 0 Å². The van der Waals surface area contributed by atoms with Crippen LogP contribution in [0.3, 0.4) is 0 Å². The molecule has 0 N–H and O–H groups in total. The molecule has 0 aromatic heterocycles. The summed E-state index contributed by atoms with van der Waals surface area (Å²) < 4.78 is 13.6. The number of rotatable bonds is 5. The second-order valence-corrected chi connectivity index (χ2v) is 4.35. The maximum Gasteiger partial charge on any atom is 0.345 e. The highest BCUT2D eigenvalue weighted by Crippen LogP contribution is 2.14. The summed E-state index contributed by atoms with van der Waals surface area (Å²) in [5.41, 5.74) is 0.116. The molecule has 0 heterocycles. The first kappa shape index (κ1) is 18.0. The SMILES string of the molecule is CC(=O)OC(=O)CCC(=O)Oc1ccc(C(=O)OC(C)=O)cc1. The van der Waals surface area contributed by atoms with Crippen molar-refractivity contribution in [3.05, 3.63) is 29.8 Å². The standard InChI is InChI=1S/C15H14O8/c1-9(16)21-13(18)7-8-14(19)23-12-5-3-11(4-6-12)15(20)22-10(2)17/h3-6H,7-8H2,1-2H3. The molecule has 1 aromatic rings. The Morgan fingerprint density at radius 1 is 0.783 bits per heavy atom. The molecular formula is C15H14O8. The third-order valence-corrected chi connectivity index (χ3v) is 2.35. The molecule has 0 saturated carbocycles. The minimum atomic E-state index is -0.822. The molecule has 0 spiro atoms. The van der Waals surface area contributed by atoms with Crippen LogP contribution < -0.4 is 4.74 Å². The zero-order valence-electron chi connectivity index (χ0n) is 12.5. The Hall–Kier alpha value is -3.03. The second kappa shape index (κ2) is 8.42. The number of hydrogen-bond donors (Lipinski definition) is 0. The van der Waals surface area contributed by atoms with E-state index in [0.717, 1.165) is 13.8 Å². The summed E-state index contributed by atoms with van der Waals surface area (Å²) in [5.74, 6) is -3.68. The van der Waals surface area contributed by atoms with Gasteiger partial charge < -0.3 is 14.2 Å². The minimum absolute atomic E-state index is 0.116. The van der Waals surface area contributed by atoms with Gasteiger partial charge in [-0.25, -0.2) is 4.79 Å². The van der Waals surface area contributed by atoms with Crippen LogP contribution in [0.2, 0.25) is 0 Å². The second-order valence-electron chi connectivity index (χ2n) is 4.35. The average Bonchev–Trinajstić information content (AvgIpc) is 2.44. The van der Waals surface area contributed by atoms with Crippen LogP contribution in [0.15, 0.2) is 24.3 Å². The Bertz CT molecular complexity index is 629. The van der Waals surface area contributed by atoms with Gasteiger partial charge in [0.1, 0.15) is 5.75 Å². The molecule has 8 heteroatoms. The van der Waals surface area contributed by atoms with Crippen molar-refractivity contribution >= 4 is 29.8 Å². The first-order chi connectivity index (χ1) is 10.8. The molecule has 0 amide bonds. The molecular weight excluding hydrogens is 308 g/mol. The smallest absolute Gasteiger partial charge is 0.345 e. The maximum absolute atomic E-state index is 11.5. The number of hydrogen-bond acceptors (Lipinski definition) is 8. The van der Waals surface area contributed by atoms with E-state index in [0.29, 0.717) is 0 Å². The quantitative estimate of drug-likeness (QED) is 0.451. The van der Waals surface area contributed by atoms with Crippen LogP contribution in [0.5, 0.6) is 5.75 Å². The van der Waals surface area contributed by atoms with Crippen LogP contribution in [-0.2, 0) is 28.7 Å². The first-order valence-corrected chi connectivity index (χ1v) is 6.52. The molecule has 0 radical (unpaired) electrons. The third-order valence-electron chi connectivity index (χ3n) is 2.35. The van der Waals surface area contributed by atoms with Crippen molar-refractivity contribution in [1.82, 2.24) is 0 Å². The molecule has 0 bridgehead atoms. The van der Waals surface area contributed by atoms with E-state index in [9.17, 15) is 24.0 Å². The zero-order chi connectivity index (χ0) is 17.4. The highest BCUT2D eigenvalue weighted by atomic mass is 16.6. The van der Waals surface area contributed by atoms with Gasteiger partial charge >= 0.3 is 29.8 Å². The van der Waals surface area contributed by atoms with Gasteiger partial charge in [-0.05, 0) is 24.3 Å². The molecule has 0 atom stereocenters. The normalized spacial score (nSPS) is 9.65. The molecule has 0 aliphatic carbocycles. The van der Waals surface area contributed by atoms with Crippen LogP contribution in [0, 0.1) is 0 Å². The fourth-order valence-corrected chi connectivity index (χ4v) is 1.45. The van der Waals surface area contributed by atoms with Crippen molar-refractivity contribution in [3.63, 3.8) is 0 Å². The van der Waals surface area contributed by atoms with Gasteiger partial charge in [0.15, 0.2) is 0 Å².